The zero-order valence-electron chi connectivity index (χ0n) is 15.4. The summed E-state index contributed by atoms with van der Waals surface area (Å²) in [7, 11) is 0. The number of ether oxygens (including phenoxy) is 1. The van der Waals surface area contributed by atoms with Crippen molar-refractivity contribution in [1.29, 1.82) is 0 Å². The zero-order chi connectivity index (χ0) is 20.0. The number of aliphatic hydroxyl groups excluding tert-OH is 2. The Kier molecular flexibility index (Phi) is 4.27. The predicted molar refractivity (Wildman–Crippen MR) is 109 cm³/mol. The van der Waals surface area contributed by atoms with Crippen LogP contribution < -0.4 is 11.1 Å². The first-order valence-electron chi connectivity index (χ1n) is 9.32. The van der Waals surface area contributed by atoms with Crippen LogP contribution in [-0.4, -0.2) is 48.5 Å². The van der Waals surface area contributed by atoms with Gasteiger partial charge in [0.2, 0.25) is 0 Å². The fraction of sp³-hybridized carbons (Fsp3) is 0.250. The van der Waals surface area contributed by atoms with Crippen molar-refractivity contribution in [3.63, 3.8) is 0 Å². The summed E-state index contributed by atoms with van der Waals surface area (Å²) in [5.41, 5.74) is 8.71. The first kappa shape index (κ1) is 17.8. The summed E-state index contributed by atoms with van der Waals surface area (Å²) in [5.74, 6) is 0.522. The average Bonchev–Trinajstić information content (AvgIpc) is 3.33. The largest absolute Gasteiger partial charge is 0.397 e. The number of rotatable bonds is 4. The van der Waals surface area contributed by atoms with Gasteiger partial charge in [-0.15, -0.1) is 0 Å². The van der Waals surface area contributed by atoms with Crippen molar-refractivity contribution < 1.29 is 14.9 Å². The van der Waals surface area contributed by atoms with Gasteiger partial charge >= 0.3 is 0 Å². The van der Waals surface area contributed by atoms with Crippen molar-refractivity contribution in [2.75, 3.05) is 17.7 Å². The van der Waals surface area contributed by atoms with E-state index in [1.165, 1.54) is 6.33 Å². The second-order valence-corrected chi connectivity index (χ2v) is 7.04. The van der Waals surface area contributed by atoms with Crippen molar-refractivity contribution in [2.24, 2.45) is 0 Å². The van der Waals surface area contributed by atoms with Gasteiger partial charge in [-0.2, -0.15) is 0 Å². The maximum atomic E-state index is 10.0. The molecule has 9 heteroatoms. The monoisotopic (exact) mass is 392 g/mol. The number of benzene rings is 2. The molecule has 0 radical (unpaired) electrons. The third-order valence-corrected chi connectivity index (χ3v) is 5.26. The highest BCUT2D eigenvalue weighted by molar-refractivity contribution is 6.02. The first-order valence-corrected chi connectivity index (χ1v) is 9.32. The number of fused-ring (bicyclic) bond motifs is 2. The third kappa shape index (κ3) is 2.96. The summed E-state index contributed by atoms with van der Waals surface area (Å²) in [4.78, 5) is 13.2. The lowest BCUT2D eigenvalue weighted by atomic mass is 10.1. The minimum Gasteiger partial charge on any atom is -0.397 e. The Labute approximate surface area is 165 Å². The van der Waals surface area contributed by atoms with Gasteiger partial charge in [-0.1, -0.05) is 30.3 Å². The van der Waals surface area contributed by atoms with Crippen LogP contribution >= 0.6 is 0 Å². The van der Waals surface area contributed by atoms with Gasteiger partial charge in [-0.3, -0.25) is 4.57 Å². The fourth-order valence-corrected chi connectivity index (χ4v) is 3.75. The molecule has 0 bridgehead atoms. The van der Waals surface area contributed by atoms with Crippen LogP contribution in [0.15, 0.2) is 49.1 Å². The molecule has 0 saturated carbocycles. The van der Waals surface area contributed by atoms with Crippen LogP contribution in [0.25, 0.3) is 21.9 Å². The number of nitrogens with one attached hydrogen (secondary N) is 1. The second kappa shape index (κ2) is 6.96. The molecular formula is C20H20N6O3. The lowest BCUT2D eigenvalue weighted by Gasteiger charge is -2.14. The molecule has 148 valence electrons. The Morgan fingerprint density at radius 3 is 2.86 bits per heavy atom. The van der Waals surface area contributed by atoms with Gasteiger partial charge in [0.25, 0.3) is 0 Å². The molecule has 5 rings (SSSR count). The summed E-state index contributed by atoms with van der Waals surface area (Å²) in [6.07, 6.45) is 1.58. The van der Waals surface area contributed by atoms with E-state index in [4.69, 9.17) is 10.5 Å². The van der Waals surface area contributed by atoms with Gasteiger partial charge in [0.1, 0.15) is 18.7 Å². The van der Waals surface area contributed by atoms with Crippen molar-refractivity contribution >= 4 is 39.1 Å². The van der Waals surface area contributed by atoms with Gasteiger partial charge in [-0.05, 0) is 11.5 Å². The number of imidazole rings is 1. The van der Waals surface area contributed by atoms with Crippen molar-refractivity contribution in [2.45, 2.75) is 24.9 Å². The Hall–Kier alpha value is -3.27. The molecule has 1 fully saturated rings. The maximum absolute atomic E-state index is 10.0. The molecule has 1 aliphatic heterocycles. The van der Waals surface area contributed by atoms with E-state index in [9.17, 15) is 10.2 Å². The van der Waals surface area contributed by atoms with Gasteiger partial charge < -0.3 is 26.0 Å². The molecule has 4 aromatic rings. The molecule has 0 unspecified atom stereocenters. The number of nitrogen functional groups attached to an aromatic ring is 1. The second-order valence-electron chi connectivity index (χ2n) is 7.04. The van der Waals surface area contributed by atoms with Crippen molar-refractivity contribution in [3.8, 4) is 0 Å². The van der Waals surface area contributed by atoms with E-state index in [2.05, 4.69) is 20.3 Å². The molecule has 5 N–H and O–H groups in total. The molecule has 1 saturated heterocycles. The predicted octanol–water partition coefficient (Wildman–Crippen LogP) is 1.95. The topological polar surface area (TPSA) is 131 Å². The summed E-state index contributed by atoms with van der Waals surface area (Å²) in [6, 6.07) is 11.8. The summed E-state index contributed by atoms with van der Waals surface area (Å²) in [5, 5.41) is 24.7. The summed E-state index contributed by atoms with van der Waals surface area (Å²) in [6.45, 7) is -0.244. The average molecular weight is 392 g/mol. The Bertz CT molecular complexity index is 1190. The van der Waals surface area contributed by atoms with Gasteiger partial charge in [-0.25, -0.2) is 15.0 Å². The lowest BCUT2D eigenvalue weighted by Crippen LogP contribution is -2.24. The van der Waals surface area contributed by atoms with Crippen LogP contribution in [0.5, 0.6) is 0 Å². The van der Waals surface area contributed by atoms with Crippen LogP contribution in [0.2, 0.25) is 0 Å². The Balaban J connectivity index is 1.55. The van der Waals surface area contributed by atoms with Crippen LogP contribution in [0.1, 0.15) is 12.6 Å². The Morgan fingerprint density at radius 1 is 1.17 bits per heavy atom. The molecule has 29 heavy (non-hydrogen) atoms. The smallest absolute Gasteiger partial charge is 0.167 e. The van der Waals surface area contributed by atoms with Crippen LogP contribution in [0.4, 0.5) is 17.2 Å². The highest BCUT2D eigenvalue weighted by atomic mass is 16.5. The Morgan fingerprint density at radius 2 is 2.03 bits per heavy atom. The molecular weight excluding hydrogens is 372 g/mol. The number of aromatic nitrogens is 4. The van der Waals surface area contributed by atoms with E-state index in [0.29, 0.717) is 29.1 Å². The molecule has 9 nitrogen and oxygen atoms in total. The number of hydrogen-bond donors (Lipinski definition) is 4. The highest BCUT2D eigenvalue weighted by Gasteiger charge is 2.35. The van der Waals surface area contributed by atoms with Crippen LogP contribution in [0, 0.1) is 0 Å². The highest BCUT2D eigenvalue weighted by Crippen LogP contribution is 2.35. The van der Waals surface area contributed by atoms with E-state index >= 15 is 0 Å². The zero-order valence-corrected chi connectivity index (χ0v) is 15.4. The fourth-order valence-electron chi connectivity index (χ4n) is 3.75. The lowest BCUT2D eigenvalue weighted by molar-refractivity contribution is -0.0432. The summed E-state index contributed by atoms with van der Waals surface area (Å²) >= 11 is 0. The van der Waals surface area contributed by atoms with E-state index in [-0.39, 0.29) is 6.61 Å². The normalized spacial score (nSPS) is 21.8. The molecule has 3 atom stereocenters. The third-order valence-electron chi connectivity index (χ3n) is 5.26. The van der Waals surface area contributed by atoms with Gasteiger partial charge in [0, 0.05) is 11.8 Å². The quantitative estimate of drug-likeness (QED) is 0.388. The minimum atomic E-state index is -0.739. The SMILES string of the molecule is Nc1ccc2ccccc2c1Nc1ncnc2c1ncn2[C@H]1C[C@H](O)[C@@H](CO)O1. The molecule has 0 aliphatic carbocycles. The number of aliphatic hydroxyl groups is 2. The number of nitrogens with zero attached hydrogens (tertiary/aromatic N) is 4. The molecule has 2 aromatic heterocycles. The number of hydrogen-bond acceptors (Lipinski definition) is 8. The summed E-state index contributed by atoms with van der Waals surface area (Å²) < 4.78 is 7.48. The molecule has 2 aromatic carbocycles. The standard InChI is InChI=1S/C20H20N6O3/c21-13-6-5-11-3-1-2-4-12(11)17(13)25-19-18-20(23-9-22-19)26(10-24-18)16-7-14(28)15(8-27)29-16/h1-6,9-10,14-16,27-28H,7-8,21H2,(H,22,23,25)/t14-,15+,16+/m0/s1. The molecule has 3 heterocycles. The van der Waals surface area contributed by atoms with E-state index in [1.807, 2.05) is 36.4 Å². The molecule has 0 spiro atoms. The van der Waals surface area contributed by atoms with E-state index in [1.54, 1.807) is 10.9 Å². The van der Waals surface area contributed by atoms with Gasteiger partial charge in [0.05, 0.1) is 30.4 Å². The minimum absolute atomic E-state index is 0.244. The van der Waals surface area contributed by atoms with Crippen LogP contribution in [-0.2, 0) is 4.74 Å². The van der Waals surface area contributed by atoms with Crippen molar-refractivity contribution in [3.05, 3.63) is 49.1 Å². The number of nitrogens with two attached hydrogens (primary N) is 1. The number of anilines is 3. The maximum Gasteiger partial charge on any atom is 0.167 e. The van der Waals surface area contributed by atoms with Gasteiger partial charge in [0.15, 0.2) is 17.0 Å². The van der Waals surface area contributed by atoms with Crippen molar-refractivity contribution in [1.82, 2.24) is 19.5 Å². The van der Waals surface area contributed by atoms with E-state index in [0.717, 1.165) is 16.5 Å². The van der Waals surface area contributed by atoms with Crippen LogP contribution in [0.3, 0.4) is 0 Å². The molecule has 0 amide bonds. The van der Waals surface area contributed by atoms with E-state index < -0.39 is 18.4 Å². The molecule has 1 aliphatic rings. The first-order chi connectivity index (χ1) is 14.2.